The van der Waals surface area contributed by atoms with E-state index in [9.17, 15) is 20.1 Å². The van der Waals surface area contributed by atoms with Gasteiger partial charge in [-0.1, -0.05) is 49.1 Å². The predicted molar refractivity (Wildman–Crippen MR) is 111 cm³/mol. The average Bonchev–Trinajstić information content (AvgIpc) is 2.93. The highest BCUT2D eigenvalue weighted by Crippen LogP contribution is 2.34. The number of carbonyl (C=O) groups is 1. The Labute approximate surface area is 175 Å². The van der Waals surface area contributed by atoms with Gasteiger partial charge < -0.3 is 25.2 Å². The quantitative estimate of drug-likeness (QED) is 0.355. The second-order valence-corrected chi connectivity index (χ2v) is 7.44. The van der Waals surface area contributed by atoms with Gasteiger partial charge in [0.1, 0.15) is 30.0 Å². The average molecular weight is 423 g/mol. The zero-order valence-electron chi connectivity index (χ0n) is 16.1. The number of unbranched alkanes of at least 4 members (excludes halogenated alkanes) is 3. The topological polar surface area (TPSA) is 107 Å². The molecule has 0 saturated heterocycles. The number of rotatable bonds is 12. The fourth-order valence-corrected chi connectivity index (χ4v) is 3.33. The van der Waals surface area contributed by atoms with Crippen molar-refractivity contribution < 1.29 is 30.0 Å². The maximum absolute atomic E-state index is 10.5. The molecule has 0 saturated carbocycles. The van der Waals surface area contributed by atoms with Crippen molar-refractivity contribution in [3.63, 3.8) is 0 Å². The summed E-state index contributed by atoms with van der Waals surface area (Å²) in [6, 6.07) is 6.87. The van der Waals surface area contributed by atoms with E-state index in [1.165, 1.54) is 12.2 Å². The van der Waals surface area contributed by atoms with E-state index in [1.54, 1.807) is 30.3 Å². The van der Waals surface area contributed by atoms with Crippen LogP contribution in [0.2, 0.25) is 5.02 Å². The lowest BCUT2D eigenvalue weighted by Crippen LogP contribution is -2.15. The van der Waals surface area contributed by atoms with E-state index in [0.717, 1.165) is 19.3 Å². The molecule has 1 aromatic rings. The summed E-state index contributed by atoms with van der Waals surface area (Å²) in [6.07, 6.45) is 7.44. The third-order valence-electron chi connectivity index (χ3n) is 4.66. The van der Waals surface area contributed by atoms with Crippen molar-refractivity contribution in [1.82, 2.24) is 0 Å². The molecule has 7 heteroatoms. The Bertz CT molecular complexity index is 783. The standard InChI is InChI=1S/C22H27ClO6/c23-15-6-5-7-17(12-15)29-14-16(24)10-11-19-18(20(25)13-21(19)26)8-3-1-2-4-9-22(27)28/h5-7,10-13,16,18,24-26H,1-4,8-9,14H2,(H,27,28)/b11-10+/t16-,18-/m1/s1. The number of aliphatic hydroxyl groups is 3. The molecule has 0 aromatic heterocycles. The van der Waals surface area contributed by atoms with E-state index in [-0.39, 0.29) is 30.5 Å². The zero-order chi connectivity index (χ0) is 21.2. The molecule has 2 atom stereocenters. The van der Waals surface area contributed by atoms with E-state index in [1.807, 2.05) is 0 Å². The first kappa shape index (κ1) is 22.8. The SMILES string of the molecule is O=C(O)CCCCCC[C@H]1C(O)=CC(O)=C1/C=C/[C@@H](O)COc1cccc(Cl)c1. The second kappa shape index (κ2) is 11.5. The summed E-state index contributed by atoms with van der Waals surface area (Å²) in [5.74, 6) is -0.491. The first-order chi connectivity index (χ1) is 13.9. The van der Waals surface area contributed by atoms with Crippen molar-refractivity contribution in [3.8, 4) is 5.75 Å². The van der Waals surface area contributed by atoms with Crippen molar-refractivity contribution in [1.29, 1.82) is 0 Å². The smallest absolute Gasteiger partial charge is 0.303 e. The lowest BCUT2D eigenvalue weighted by atomic mass is 9.93. The zero-order valence-corrected chi connectivity index (χ0v) is 16.9. The van der Waals surface area contributed by atoms with Gasteiger partial charge in [0.05, 0.1) is 0 Å². The van der Waals surface area contributed by atoms with Gasteiger partial charge in [0.25, 0.3) is 0 Å². The van der Waals surface area contributed by atoms with Gasteiger partial charge in [0, 0.05) is 29.0 Å². The highest BCUT2D eigenvalue weighted by molar-refractivity contribution is 6.30. The fraction of sp³-hybridized carbons (Fsp3) is 0.409. The van der Waals surface area contributed by atoms with Crippen LogP contribution in [-0.4, -0.2) is 39.1 Å². The molecule has 0 fully saturated rings. The Morgan fingerprint density at radius 2 is 1.97 bits per heavy atom. The van der Waals surface area contributed by atoms with Gasteiger partial charge in [0.2, 0.25) is 0 Å². The number of carboxylic acid groups (broad SMARTS) is 1. The van der Waals surface area contributed by atoms with Crippen molar-refractivity contribution in [2.75, 3.05) is 6.61 Å². The Kier molecular flexibility index (Phi) is 9.09. The normalized spacial score (nSPS) is 17.6. The molecular formula is C22H27ClO6. The highest BCUT2D eigenvalue weighted by Gasteiger charge is 2.26. The van der Waals surface area contributed by atoms with Crippen LogP contribution >= 0.6 is 11.6 Å². The predicted octanol–water partition coefficient (Wildman–Crippen LogP) is 4.94. The number of halogens is 1. The van der Waals surface area contributed by atoms with E-state index >= 15 is 0 Å². The van der Waals surface area contributed by atoms with Crippen molar-refractivity contribution >= 4 is 17.6 Å². The first-order valence-electron chi connectivity index (χ1n) is 9.67. The van der Waals surface area contributed by atoms with Crippen molar-refractivity contribution in [3.05, 3.63) is 64.6 Å². The minimum absolute atomic E-state index is 0.0161. The summed E-state index contributed by atoms with van der Waals surface area (Å²) in [6.45, 7) is 0.0263. The molecule has 1 aliphatic rings. The van der Waals surface area contributed by atoms with Gasteiger partial charge in [-0.2, -0.15) is 0 Å². The third kappa shape index (κ3) is 7.83. The van der Waals surface area contributed by atoms with E-state index in [2.05, 4.69) is 0 Å². The van der Waals surface area contributed by atoms with Crippen LogP contribution in [0.25, 0.3) is 0 Å². The molecule has 1 aromatic carbocycles. The number of allylic oxidation sites excluding steroid dienone is 3. The van der Waals surface area contributed by atoms with Crippen LogP contribution in [0, 0.1) is 5.92 Å². The first-order valence-corrected chi connectivity index (χ1v) is 10.0. The number of carboxylic acids is 1. The van der Waals surface area contributed by atoms with Crippen LogP contribution < -0.4 is 4.74 Å². The van der Waals surface area contributed by atoms with Gasteiger partial charge in [0.15, 0.2) is 0 Å². The molecule has 2 rings (SSSR count). The number of hydrogen-bond acceptors (Lipinski definition) is 5. The van der Waals surface area contributed by atoms with Gasteiger partial charge >= 0.3 is 5.97 Å². The Morgan fingerprint density at radius 1 is 1.21 bits per heavy atom. The summed E-state index contributed by atoms with van der Waals surface area (Å²) in [4.78, 5) is 10.5. The largest absolute Gasteiger partial charge is 0.512 e. The maximum Gasteiger partial charge on any atom is 0.303 e. The third-order valence-corrected chi connectivity index (χ3v) is 4.90. The number of hydrogen-bond donors (Lipinski definition) is 4. The summed E-state index contributed by atoms with van der Waals surface area (Å²) < 4.78 is 5.49. The summed E-state index contributed by atoms with van der Waals surface area (Å²) in [7, 11) is 0. The van der Waals surface area contributed by atoms with Crippen LogP contribution in [0.1, 0.15) is 38.5 Å². The lowest BCUT2D eigenvalue weighted by Gasteiger charge is -2.14. The van der Waals surface area contributed by atoms with Crippen LogP contribution in [0.4, 0.5) is 0 Å². The van der Waals surface area contributed by atoms with Gasteiger partial charge in [-0.3, -0.25) is 4.79 Å². The highest BCUT2D eigenvalue weighted by atomic mass is 35.5. The Morgan fingerprint density at radius 3 is 2.69 bits per heavy atom. The van der Waals surface area contributed by atoms with E-state index in [0.29, 0.717) is 29.2 Å². The fourth-order valence-electron chi connectivity index (χ4n) is 3.15. The monoisotopic (exact) mass is 422 g/mol. The molecule has 0 aliphatic heterocycles. The summed E-state index contributed by atoms with van der Waals surface area (Å²) in [5.41, 5.74) is 0.551. The van der Waals surface area contributed by atoms with Crippen LogP contribution in [0.5, 0.6) is 5.75 Å². The molecule has 0 heterocycles. The van der Waals surface area contributed by atoms with E-state index in [4.69, 9.17) is 21.4 Å². The molecule has 1 aliphatic carbocycles. The minimum Gasteiger partial charge on any atom is -0.512 e. The Balaban J connectivity index is 1.81. The molecule has 4 N–H and O–H groups in total. The molecule has 0 unspecified atom stereocenters. The minimum atomic E-state index is -0.895. The summed E-state index contributed by atoms with van der Waals surface area (Å²) >= 11 is 5.89. The maximum atomic E-state index is 10.5. The van der Waals surface area contributed by atoms with Gasteiger partial charge in [-0.05, 0) is 31.0 Å². The Hall–Kier alpha value is -2.44. The molecule has 6 nitrogen and oxygen atoms in total. The molecule has 0 bridgehead atoms. The van der Waals surface area contributed by atoms with Gasteiger partial charge in [-0.15, -0.1) is 0 Å². The number of benzene rings is 1. The van der Waals surface area contributed by atoms with Crippen LogP contribution in [-0.2, 0) is 4.79 Å². The van der Waals surface area contributed by atoms with Crippen molar-refractivity contribution in [2.24, 2.45) is 5.92 Å². The van der Waals surface area contributed by atoms with Crippen LogP contribution in [0.3, 0.4) is 0 Å². The molecule has 0 spiro atoms. The molecule has 0 radical (unpaired) electrons. The second-order valence-electron chi connectivity index (χ2n) is 7.00. The molecule has 0 amide bonds. The summed E-state index contributed by atoms with van der Waals surface area (Å²) in [5, 5.41) is 39.5. The van der Waals surface area contributed by atoms with Crippen molar-refractivity contribution in [2.45, 2.75) is 44.6 Å². The molecule has 158 valence electrons. The van der Waals surface area contributed by atoms with Gasteiger partial charge in [-0.25, -0.2) is 0 Å². The number of aliphatic carboxylic acids is 1. The molecule has 29 heavy (non-hydrogen) atoms. The molecular weight excluding hydrogens is 396 g/mol. The number of ether oxygens (including phenoxy) is 1. The lowest BCUT2D eigenvalue weighted by molar-refractivity contribution is -0.137. The number of aliphatic hydroxyl groups excluding tert-OH is 3. The van der Waals surface area contributed by atoms with Crippen LogP contribution in [0.15, 0.2) is 59.6 Å². The van der Waals surface area contributed by atoms with E-state index < -0.39 is 12.1 Å².